The molecule has 1 amide bonds. The zero-order valence-electron chi connectivity index (χ0n) is 11.9. The molecule has 104 valence electrons. The minimum absolute atomic E-state index is 0.270. The van der Waals surface area contributed by atoms with Gasteiger partial charge in [0, 0.05) is 25.2 Å². The molecule has 0 saturated heterocycles. The number of hydrogen-bond acceptors (Lipinski definition) is 3. The number of carbonyl (C=O) groups excluding carboxylic acids is 1. The molecule has 2 aliphatic rings. The lowest BCUT2D eigenvalue weighted by Gasteiger charge is -2.35. The molecule has 5 heteroatoms. The van der Waals surface area contributed by atoms with Crippen molar-refractivity contribution in [3.8, 4) is 0 Å². The largest absolute Gasteiger partial charge is 0.334 e. The molecule has 1 saturated carbocycles. The first-order chi connectivity index (χ1) is 9.06. The van der Waals surface area contributed by atoms with Crippen molar-refractivity contribution in [3.05, 3.63) is 18.0 Å². The highest BCUT2D eigenvalue weighted by Gasteiger charge is 2.43. The molecule has 1 aliphatic carbocycles. The van der Waals surface area contributed by atoms with Crippen molar-refractivity contribution >= 4 is 5.91 Å². The SMILES string of the molecule is C[C@@H]1C[C@H]1C(=O)N1Cc2ccnn2[C@H](CN(C)C)C1. The number of likely N-dealkylation sites (N-methyl/N-ethyl adjacent to an activating group) is 1. The fourth-order valence-electron chi connectivity index (χ4n) is 3.01. The highest BCUT2D eigenvalue weighted by atomic mass is 16.2. The molecule has 0 spiro atoms. The molecule has 0 unspecified atom stereocenters. The fourth-order valence-corrected chi connectivity index (χ4v) is 3.01. The van der Waals surface area contributed by atoms with E-state index in [1.54, 1.807) is 0 Å². The lowest BCUT2D eigenvalue weighted by atomic mass is 10.1. The van der Waals surface area contributed by atoms with Crippen LogP contribution in [0.1, 0.15) is 25.1 Å². The van der Waals surface area contributed by atoms with Gasteiger partial charge in [0.15, 0.2) is 0 Å². The Labute approximate surface area is 114 Å². The maximum Gasteiger partial charge on any atom is 0.226 e. The highest BCUT2D eigenvalue weighted by Crippen LogP contribution is 2.40. The summed E-state index contributed by atoms with van der Waals surface area (Å²) in [6, 6.07) is 2.30. The van der Waals surface area contributed by atoms with E-state index < -0.39 is 0 Å². The van der Waals surface area contributed by atoms with Gasteiger partial charge >= 0.3 is 0 Å². The topological polar surface area (TPSA) is 41.4 Å². The van der Waals surface area contributed by atoms with E-state index in [1.165, 1.54) is 0 Å². The molecule has 19 heavy (non-hydrogen) atoms. The summed E-state index contributed by atoms with van der Waals surface area (Å²) < 4.78 is 2.08. The number of amides is 1. The average molecular weight is 262 g/mol. The summed E-state index contributed by atoms with van der Waals surface area (Å²) in [4.78, 5) is 16.6. The monoisotopic (exact) mass is 262 g/mol. The Balaban J connectivity index is 1.78. The van der Waals surface area contributed by atoms with Gasteiger partial charge in [-0.2, -0.15) is 5.10 Å². The van der Waals surface area contributed by atoms with Gasteiger partial charge in [-0.25, -0.2) is 0 Å². The second kappa shape index (κ2) is 4.63. The van der Waals surface area contributed by atoms with Crippen LogP contribution in [0.4, 0.5) is 0 Å². The summed E-state index contributed by atoms with van der Waals surface area (Å²) in [6.45, 7) is 4.58. The second-order valence-electron chi connectivity index (χ2n) is 6.22. The molecule has 1 fully saturated rings. The van der Waals surface area contributed by atoms with Crippen LogP contribution in [-0.4, -0.2) is 52.7 Å². The summed E-state index contributed by atoms with van der Waals surface area (Å²) >= 11 is 0. The van der Waals surface area contributed by atoms with Crippen LogP contribution in [0.3, 0.4) is 0 Å². The van der Waals surface area contributed by atoms with Crippen LogP contribution in [-0.2, 0) is 11.3 Å². The highest BCUT2D eigenvalue weighted by molar-refractivity contribution is 5.81. The number of fused-ring (bicyclic) bond motifs is 1. The Morgan fingerprint density at radius 1 is 1.53 bits per heavy atom. The maximum absolute atomic E-state index is 12.4. The summed E-state index contributed by atoms with van der Waals surface area (Å²) in [5.41, 5.74) is 1.15. The molecular weight excluding hydrogens is 240 g/mol. The van der Waals surface area contributed by atoms with Crippen LogP contribution in [0.2, 0.25) is 0 Å². The van der Waals surface area contributed by atoms with E-state index in [4.69, 9.17) is 0 Å². The predicted octanol–water partition coefficient (Wildman–Crippen LogP) is 0.984. The van der Waals surface area contributed by atoms with E-state index in [1.807, 2.05) is 17.2 Å². The molecule has 1 aromatic heterocycles. The minimum atomic E-state index is 0.270. The molecule has 0 N–H and O–H groups in total. The minimum Gasteiger partial charge on any atom is -0.334 e. The second-order valence-corrected chi connectivity index (χ2v) is 6.22. The van der Waals surface area contributed by atoms with Gasteiger partial charge in [0.25, 0.3) is 0 Å². The number of carbonyl (C=O) groups is 1. The lowest BCUT2D eigenvalue weighted by molar-refractivity contribution is -0.135. The van der Waals surface area contributed by atoms with Crippen molar-refractivity contribution in [2.24, 2.45) is 11.8 Å². The van der Waals surface area contributed by atoms with E-state index in [0.29, 0.717) is 18.4 Å². The first kappa shape index (κ1) is 12.7. The quantitative estimate of drug-likeness (QED) is 0.815. The van der Waals surface area contributed by atoms with E-state index in [2.05, 4.69) is 35.7 Å². The van der Waals surface area contributed by atoms with Crippen molar-refractivity contribution in [1.29, 1.82) is 0 Å². The van der Waals surface area contributed by atoms with Crippen molar-refractivity contribution in [2.45, 2.75) is 25.9 Å². The molecule has 1 aromatic rings. The Morgan fingerprint density at radius 2 is 2.26 bits per heavy atom. The lowest BCUT2D eigenvalue weighted by Crippen LogP contribution is -2.45. The van der Waals surface area contributed by atoms with Gasteiger partial charge in [0.1, 0.15) is 0 Å². The van der Waals surface area contributed by atoms with Gasteiger partial charge in [-0.05, 0) is 32.5 Å². The summed E-state index contributed by atoms with van der Waals surface area (Å²) in [6.07, 6.45) is 2.90. The molecule has 2 heterocycles. The summed E-state index contributed by atoms with van der Waals surface area (Å²) in [5, 5.41) is 4.41. The maximum atomic E-state index is 12.4. The number of hydrogen-bond donors (Lipinski definition) is 0. The predicted molar refractivity (Wildman–Crippen MR) is 72.5 cm³/mol. The Bertz CT molecular complexity index is 482. The van der Waals surface area contributed by atoms with Gasteiger partial charge < -0.3 is 9.80 Å². The molecule has 0 aromatic carbocycles. The van der Waals surface area contributed by atoms with Crippen LogP contribution in [0.25, 0.3) is 0 Å². The first-order valence-electron chi connectivity index (χ1n) is 7.02. The van der Waals surface area contributed by atoms with E-state index in [9.17, 15) is 4.79 Å². The number of rotatable bonds is 3. The zero-order chi connectivity index (χ0) is 13.6. The average Bonchev–Trinajstić information content (AvgIpc) is 2.89. The third-order valence-electron chi connectivity index (χ3n) is 4.20. The van der Waals surface area contributed by atoms with Crippen LogP contribution >= 0.6 is 0 Å². The van der Waals surface area contributed by atoms with Crippen molar-refractivity contribution in [3.63, 3.8) is 0 Å². The van der Waals surface area contributed by atoms with Gasteiger partial charge in [-0.15, -0.1) is 0 Å². The van der Waals surface area contributed by atoms with Crippen molar-refractivity contribution in [1.82, 2.24) is 19.6 Å². The van der Waals surface area contributed by atoms with Gasteiger partial charge in [0.2, 0.25) is 5.91 Å². The smallest absolute Gasteiger partial charge is 0.226 e. The Morgan fingerprint density at radius 3 is 2.89 bits per heavy atom. The zero-order valence-corrected chi connectivity index (χ0v) is 11.9. The first-order valence-corrected chi connectivity index (χ1v) is 7.02. The van der Waals surface area contributed by atoms with Crippen LogP contribution in [0.5, 0.6) is 0 Å². The van der Waals surface area contributed by atoms with Crippen molar-refractivity contribution < 1.29 is 4.79 Å². The molecule has 5 nitrogen and oxygen atoms in total. The molecule has 0 bridgehead atoms. The van der Waals surface area contributed by atoms with E-state index in [-0.39, 0.29) is 12.0 Å². The third kappa shape index (κ3) is 2.39. The normalized spacial score (nSPS) is 29.5. The summed E-state index contributed by atoms with van der Waals surface area (Å²) in [5.74, 6) is 1.19. The molecular formula is C14H22N4O. The third-order valence-corrected chi connectivity index (χ3v) is 4.20. The van der Waals surface area contributed by atoms with E-state index >= 15 is 0 Å². The molecule has 3 rings (SSSR count). The van der Waals surface area contributed by atoms with Crippen LogP contribution < -0.4 is 0 Å². The van der Waals surface area contributed by atoms with Crippen LogP contribution in [0.15, 0.2) is 12.3 Å². The molecule has 1 aliphatic heterocycles. The van der Waals surface area contributed by atoms with Gasteiger partial charge in [-0.3, -0.25) is 9.48 Å². The Hall–Kier alpha value is -1.36. The number of aromatic nitrogens is 2. The van der Waals surface area contributed by atoms with Gasteiger partial charge in [0.05, 0.1) is 18.3 Å². The molecule has 3 atom stereocenters. The van der Waals surface area contributed by atoms with Crippen molar-refractivity contribution in [2.75, 3.05) is 27.2 Å². The van der Waals surface area contributed by atoms with Gasteiger partial charge in [-0.1, -0.05) is 6.92 Å². The molecule has 0 radical (unpaired) electrons. The van der Waals surface area contributed by atoms with E-state index in [0.717, 1.165) is 25.2 Å². The standard InChI is InChI=1S/C14H22N4O/c1-10-6-13(10)14(19)17-8-11-4-5-15-18(11)12(9-17)7-16(2)3/h4-5,10,12-13H,6-9H2,1-3H3/t10-,12-,13-/m1/s1. The number of nitrogens with zero attached hydrogens (tertiary/aromatic N) is 4. The fraction of sp³-hybridized carbons (Fsp3) is 0.714. The summed E-state index contributed by atoms with van der Waals surface area (Å²) in [7, 11) is 4.12. The van der Waals surface area contributed by atoms with Crippen LogP contribution in [0, 0.1) is 11.8 Å². The Kier molecular flexibility index (Phi) is 3.09.